The van der Waals surface area contributed by atoms with Gasteiger partial charge in [0.1, 0.15) is 0 Å². The largest absolute Gasteiger partial charge is 0.481 e. The first-order chi connectivity index (χ1) is 12.0. The maximum absolute atomic E-state index is 13.1. The van der Waals surface area contributed by atoms with Crippen LogP contribution in [-0.2, 0) is 9.59 Å². The molecule has 1 spiro atoms. The van der Waals surface area contributed by atoms with E-state index in [2.05, 4.69) is 6.58 Å². The Kier molecular flexibility index (Phi) is 3.61. The number of fused-ring (bicyclic) bond motifs is 3. The summed E-state index contributed by atoms with van der Waals surface area (Å²) in [6, 6.07) is 0. The Balaban J connectivity index is 1.93. The number of aliphatic carboxylic acids is 1. The third-order valence-electron chi connectivity index (χ3n) is 8.66. The number of aliphatic hydroxyl groups is 3. The zero-order valence-corrected chi connectivity index (χ0v) is 15.3. The first kappa shape index (κ1) is 18.1. The topological polar surface area (TPSA) is 115 Å². The second kappa shape index (κ2) is 5.18. The van der Waals surface area contributed by atoms with Gasteiger partial charge >= 0.3 is 5.97 Å². The van der Waals surface area contributed by atoms with Gasteiger partial charge in [0, 0.05) is 11.3 Å². The van der Waals surface area contributed by atoms with E-state index in [4.69, 9.17) is 0 Å². The van der Waals surface area contributed by atoms with Gasteiger partial charge in [-0.2, -0.15) is 0 Å². The van der Waals surface area contributed by atoms with E-state index in [9.17, 15) is 30.0 Å². The molecule has 4 saturated carbocycles. The Morgan fingerprint density at radius 3 is 2.42 bits per heavy atom. The fourth-order valence-corrected chi connectivity index (χ4v) is 7.35. The standard InChI is InChI=1S/C20H28O6/c1-9-10-4-5-11-19(3)12(21)6-7-18(2,17(25)26)14(19)13(22)16(24)20(11,8-10)15(9)23/h10-14,16,21-22,24H,1,4-8H2,2-3H3,(H,25,26)/t10-,11?,12+,13-,14?,16+,18-,19-,20+/m1/s1. The summed E-state index contributed by atoms with van der Waals surface area (Å²) in [5.41, 5.74) is -2.85. The Hall–Kier alpha value is -1.24. The molecular weight excluding hydrogens is 336 g/mol. The SMILES string of the molecule is C=C1C(=O)[C@]23C[C@H]1CCC2[C@@]1(C)C([C@@H](O)[C@@H]3O)[C@](C)(C(=O)O)CC[C@@H]1O. The van der Waals surface area contributed by atoms with Gasteiger partial charge in [-0.25, -0.2) is 0 Å². The predicted octanol–water partition coefficient (Wildman–Crippen LogP) is 1.13. The molecule has 4 N–H and O–H groups in total. The van der Waals surface area contributed by atoms with Gasteiger partial charge in [0.05, 0.1) is 29.1 Å². The van der Waals surface area contributed by atoms with Crippen LogP contribution in [0.1, 0.15) is 46.0 Å². The minimum Gasteiger partial charge on any atom is -0.481 e. The van der Waals surface area contributed by atoms with Crippen molar-refractivity contribution in [3.8, 4) is 0 Å². The first-order valence-electron chi connectivity index (χ1n) is 9.54. The van der Waals surface area contributed by atoms with E-state index in [0.717, 1.165) is 6.42 Å². The summed E-state index contributed by atoms with van der Waals surface area (Å²) in [6.07, 6.45) is -1.17. The van der Waals surface area contributed by atoms with E-state index >= 15 is 0 Å². The quantitative estimate of drug-likeness (QED) is 0.519. The van der Waals surface area contributed by atoms with Crippen LogP contribution in [0.4, 0.5) is 0 Å². The molecule has 0 aliphatic heterocycles. The molecule has 6 nitrogen and oxygen atoms in total. The van der Waals surface area contributed by atoms with Crippen molar-refractivity contribution in [3.05, 3.63) is 12.2 Å². The van der Waals surface area contributed by atoms with E-state index < -0.39 is 46.4 Å². The monoisotopic (exact) mass is 364 g/mol. The zero-order chi connectivity index (χ0) is 19.2. The van der Waals surface area contributed by atoms with E-state index in [0.29, 0.717) is 24.8 Å². The van der Waals surface area contributed by atoms with Crippen LogP contribution in [0.25, 0.3) is 0 Å². The Labute approximate surface area is 152 Å². The van der Waals surface area contributed by atoms with Crippen LogP contribution in [0.2, 0.25) is 0 Å². The molecule has 0 radical (unpaired) electrons. The normalized spacial score (nSPS) is 56.0. The van der Waals surface area contributed by atoms with Gasteiger partial charge < -0.3 is 20.4 Å². The second-order valence-corrected chi connectivity index (χ2v) is 9.48. The van der Waals surface area contributed by atoms with E-state index in [1.165, 1.54) is 0 Å². The van der Waals surface area contributed by atoms with Crippen LogP contribution in [0.3, 0.4) is 0 Å². The van der Waals surface area contributed by atoms with Crippen molar-refractivity contribution in [1.82, 2.24) is 0 Å². The van der Waals surface area contributed by atoms with E-state index in [1.807, 2.05) is 6.92 Å². The third-order valence-corrected chi connectivity index (χ3v) is 8.66. The number of Topliss-reactive ketones (excluding diaryl/α,β-unsaturated/α-hetero) is 1. The number of ketones is 1. The average molecular weight is 364 g/mol. The Morgan fingerprint density at radius 1 is 1.15 bits per heavy atom. The summed E-state index contributed by atoms with van der Waals surface area (Å²) >= 11 is 0. The molecule has 0 heterocycles. The fraction of sp³-hybridized carbons (Fsp3) is 0.800. The molecule has 2 bridgehead atoms. The fourth-order valence-electron chi connectivity index (χ4n) is 7.35. The van der Waals surface area contributed by atoms with Crippen LogP contribution in [0.5, 0.6) is 0 Å². The maximum atomic E-state index is 13.1. The molecule has 4 rings (SSSR count). The first-order valence-corrected chi connectivity index (χ1v) is 9.54. The van der Waals surface area contributed by atoms with Gasteiger partial charge in [-0.1, -0.05) is 13.5 Å². The lowest BCUT2D eigenvalue weighted by molar-refractivity contribution is -0.272. The molecule has 9 atom stereocenters. The molecule has 0 saturated heterocycles. The summed E-state index contributed by atoms with van der Waals surface area (Å²) in [5, 5.41) is 43.1. The molecule has 0 aromatic heterocycles. The molecule has 2 unspecified atom stereocenters. The van der Waals surface area contributed by atoms with Crippen LogP contribution in [-0.4, -0.2) is 50.5 Å². The van der Waals surface area contributed by atoms with Gasteiger partial charge in [0.15, 0.2) is 5.78 Å². The highest BCUT2D eigenvalue weighted by atomic mass is 16.4. The highest BCUT2D eigenvalue weighted by molar-refractivity contribution is 6.03. The maximum Gasteiger partial charge on any atom is 0.309 e. The molecule has 6 heteroatoms. The molecule has 0 amide bonds. The number of allylic oxidation sites excluding steroid dienone is 1. The van der Waals surface area contributed by atoms with Gasteiger partial charge in [-0.15, -0.1) is 0 Å². The van der Waals surface area contributed by atoms with Crippen molar-refractivity contribution in [2.24, 2.45) is 34.0 Å². The van der Waals surface area contributed by atoms with Gasteiger partial charge in [0.2, 0.25) is 0 Å². The average Bonchev–Trinajstić information content (AvgIpc) is 2.78. The third kappa shape index (κ3) is 1.74. The van der Waals surface area contributed by atoms with Crippen molar-refractivity contribution < 1.29 is 30.0 Å². The number of carboxylic acids is 1. The molecule has 4 fully saturated rings. The van der Waals surface area contributed by atoms with Crippen molar-refractivity contribution in [2.75, 3.05) is 0 Å². The summed E-state index contributed by atoms with van der Waals surface area (Å²) in [4.78, 5) is 25.3. The second-order valence-electron chi connectivity index (χ2n) is 9.48. The number of carboxylic acid groups (broad SMARTS) is 1. The van der Waals surface area contributed by atoms with Crippen LogP contribution in [0, 0.1) is 34.0 Å². The molecule has 144 valence electrons. The van der Waals surface area contributed by atoms with Gasteiger partial charge in [-0.05, 0) is 56.4 Å². The van der Waals surface area contributed by atoms with Crippen molar-refractivity contribution in [1.29, 1.82) is 0 Å². The number of carbonyl (C=O) groups is 2. The Bertz CT molecular complexity index is 702. The molecule has 0 aromatic carbocycles. The van der Waals surface area contributed by atoms with Gasteiger partial charge in [-0.3, -0.25) is 9.59 Å². The zero-order valence-electron chi connectivity index (χ0n) is 15.3. The lowest BCUT2D eigenvalue weighted by Gasteiger charge is -2.66. The van der Waals surface area contributed by atoms with Crippen LogP contribution < -0.4 is 0 Å². The highest BCUT2D eigenvalue weighted by Crippen LogP contribution is 2.71. The lowest BCUT2D eigenvalue weighted by Crippen LogP contribution is -2.73. The molecule has 0 aromatic rings. The van der Waals surface area contributed by atoms with Crippen LogP contribution in [0.15, 0.2) is 12.2 Å². The molecule has 4 aliphatic rings. The molecular formula is C20H28O6. The van der Waals surface area contributed by atoms with Crippen molar-refractivity contribution >= 4 is 11.8 Å². The number of hydrogen-bond acceptors (Lipinski definition) is 5. The lowest BCUT2D eigenvalue weighted by atomic mass is 9.38. The predicted molar refractivity (Wildman–Crippen MR) is 92.0 cm³/mol. The van der Waals surface area contributed by atoms with Crippen molar-refractivity contribution in [3.63, 3.8) is 0 Å². The summed E-state index contributed by atoms with van der Waals surface area (Å²) in [7, 11) is 0. The van der Waals surface area contributed by atoms with Gasteiger partial charge in [0.25, 0.3) is 0 Å². The summed E-state index contributed by atoms with van der Waals surface area (Å²) in [6.45, 7) is 7.34. The molecule has 26 heavy (non-hydrogen) atoms. The smallest absolute Gasteiger partial charge is 0.309 e. The number of hydrogen-bond donors (Lipinski definition) is 4. The number of rotatable bonds is 1. The number of aliphatic hydroxyl groups excluding tert-OH is 3. The van der Waals surface area contributed by atoms with Crippen molar-refractivity contribution in [2.45, 2.75) is 64.3 Å². The van der Waals surface area contributed by atoms with E-state index in [1.54, 1.807) is 6.92 Å². The summed E-state index contributed by atoms with van der Waals surface area (Å²) in [5.74, 6) is -2.41. The minimum atomic E-state index is -1.37. The highest BCUT2D eigenvalue weighted by Gasteiger charge is 2.75. The minimum absolute atomic E-state index is 0.00680. The van der Waals surface area contributed by atoms with Crippen LogP contribution >= 0.6 is 0 Å². The Morgan fingerprint density at radius 2 is 1.81 bits per heavy atom. The summed E-state index contributed by atoms with van der Waals surface area (Å²) < 4.78 is 0. The number of carbonyl (C=O) groups excluding carboxylic acids is 1. The molecule has 4 aliphatic carbocycles. The van der Waals surface area contributed by atoms with E-state index in [-0.39, 0.29) is 24.0 Å².